The summed E-state index contributed by atoms with van der Waals surface area (Å²) in [4.78, 5) is 0. The Kier molecular flexibility index (Phi) is 3.42. The van der Waals surface area contributed by atoms with E-state index in [0.29, 0.717) is 4.34 Å². The molecule has 1 atom stereocenters. The lowest BCUT2D eigenvalue weighted by Crippen LogP contribution is -2.05. The van der Waals surface area contributed by atoms with Gasteiger partial charge in [0.25, 0.3) is 0 Å². The van der Waals surface area contributed by atoms with Crippen molar-refractivity contribution in [3.05, 3.63) is 32.7 Å². The van der Waals surface area contributed by atoms with Gasteiger partial charge in [-0.1, -0.05) is 23.2 Å². The van der Waals surface area contributed by atoms with Crippen molar-refractivity contribution in [2.45, 2.75) is 13.0 Å². The van der Waals surface area contributed by atoms with Gasteiger partial charge >= 0.3 is 0 Å². The molecule has 6 heteroatoms. The number of hydrogen-bond acceptors (Lipinski definition) is 3. The highest BCUT2D eigenvalue weighted by molar-refractivity contribution is 7.20. The van der Waals surface area contributed by atoms with Gasteiger partial charge in [-0.2, -0.15) is 5.10 Å². The third kappa shape index (κ3) is 2.51. The fourth-order valence-electron chi connectivity index (χ4n) is 1.47. The number of aryl methyl sites for hydroxylation is 1. The average molecular weight is 276 g/mol. The molecule has 1 unspecified atom stereocenters. The smallest absolute Gasteiger partial charge is 0.0996 e. The lowest BCUT2D eigenvalue weighted by Gasteiger charge is -2.12. The fraction of sp³-hybridized carbons (Fsp3) is 0.300. The SMILES string of the molecule is CC(Nc1cnn(C)c1)c1cc(Cl)sc1Cl. The Balaban J connectivity index is 2.14. The number of hydrogen-bond donors (Lipinski definition) is 1. The predicted molar refractivity (Wildman–Crippen MR) is 69.6 cm³/mol. The quantitative estimate of drug-likeness (QED) is 0.919. The van der Waals surface area contributed by atoms with Gasteiger partial charge in [0.2, 0.25) is 0 Å². The number of rotatable bonds is 3. The van der Waals surface area contributed by atoms with Crippen LogP contribution in [0.4, 0.5) is 5.69 Å². The number of nitrogens with one attached hydrogen (secondary N) is 1. The summed E-state index contributed by atoms with van der Waals surface area (Å²) in [5.74, 6) is 0. The Morgan fingerprint density at radius 2 is 2.25 bits per heavy atom. The first kappa shape index (κ1) is 11.8. The number of anilines is 1. The number of nitrogens with zero attached hydrogens (tertiary/aromatic N) is 2. The molecule has 0 aliphatic carbocycles. The van der Waals surface area contributed by atoms with Crippen LogP contribution in [-0.4, -0.2) is 9.78 Å². The summed E-state index contributed by atoms with van der Waals surface area (Å²) in [6.45, 7) is 2.04. The molecule has 0 aromatic carbocycles. The Morgan fingerprint density at radius 1 is 1.50 bits per heavy atom. The van der Waals surface area contributed by atoms with E-state index in [0.717, 1.165) is 15.6 Å². The largest absolute Gasteiger partial charge is 0.376 e. The molecule has 3 nitrogen and oxygen atoms in total. The molecule has 2 aromatic heterocycles. The molecule has 0 aliphatic heterocycles. The van der Waals surface area contributed by atoms with Crippen LogP contribution in [0.3, 0.4) is 0 Å². The molecule has 0 bridgehead atoms. The Morgan fingerprint density at radius 3 is 2.75 bits per heavy atom. The van der Waals surface area contributed by atoms with E-state index in [9.17, 15) is 0 Å². The van der Waals surface area contributed by atoms with Crippen LogP contribution in [-0.2, 0) is 7.05 Å². The van der Waals surface area contributed by atoms with Crippen molar-refractivity contribution in [2.75, 3.05) is 5.32 Å². The summed E-state index contributed by atoms with van der Waals surface area (Å²) in [7, 11) is 1.88. The van der Waals surface area contributed by atoms with Gasteiger partial charge in [0.15, 0.2) is 0 Å². The lowest BCUT2D eigenvalue weighted by molar-refractivity contribution is 0.767. The maximum absolute atomic E-state index is 6.08. The normalized spacial score (nSPS) is 12.8. The first-order chi connectivity index (χ1) is 7.56. The second-order valence-corrected chi connectivity index (χ2v) is 5.83. The van der Waals surface area contributed by atoms with E-state index in [1.165, 1.54) is 11.3 Å². The number of halogens is 2. The van der Waals surface area contributed by atoms with Crippen LogP contribution in [0.5, 0.6) is 0 Å². The van der Waals surface area contributed by atoms with Crippen molar-refractivity contribution in [3.63, 3.8) is 0 Å². The monoisotopic (exact) mass is 275 g/mol. The van der Waals surface area contributed by atoms with Crippen molar-refractivity contribution < 1.29 is 0 Å². The van der Waals surface area contributed by atoms with Crippen LogP contribution in [0, 0.1) is 0 Å². The first-order valence-corrected chi connectivity index (χ1v) is 6.33. The minimum Gasteiger partial charge on any atom is -0.376 e. The van der Waals surface area contributed by atoms with Crippen LogP contribution in [0.2, 0.25) is 8.67 Å². The van der Waals surface area contributed by atoms with Gasteiger partial charge in [0.05, 0.1) is 26.6 Å². The van der Waals surface area contributed by atoms with Crippen molar-refractivity contribution in [1.82, 2.24) is 9.78 Å². The molecule has 2 aromatic rings. The molecule has 1 N–H and O–H groups in total. The van der Waals surface area contributed by atoms with E-state index in [-0.39, 0.29) is 6.04 Å². The van der Waals surface area contributed by atoms with Gasteiger partial charge in [0.1, 0.15) is 0 Å². The Bertz CT molecular complexity index is 492. The van der Waals surface area contributed by atoms with Crippen LogP contribution in [0.15, 0.2) is 18.5 Å². The Hall–Kier alpha value is -0.710. The van der Waals surface area contributed by atoms with Gasteiger partial charge in [0, 0.05) is 18.8 Å². The summed E-state index contributed by atoms with van der Waals surface area (Å²) in [5.41, 5.74) is 1.98. The second-order valence-electron chi connectivity index (χ2n) is 3.55. The van der Waals surface area contributed by atoms with Crippen LogP contribution < -0.4 is 5.32 Å². The summed E-state index contributed by atoms with van der Waals surface area (Å²) in [6, 6.07) is 2.00. The van der Waals surface area contributed by atoms with Crippen LogP contribution >= 0.6 is 34.5 Å². The molecule has 0 radical (unpaired) electrons. The van der Waals surface area contributed by atoms with E-state index in [4.69, 9.17) is 23.2 Å². The molecule has 0 amide bonds. The van der Waals surface area contributed by atoms with Gasteiger partial charge in [-0.05, 0) is 13.0 Å². The molecule has 86 valence electrons. The van der Waals surface area contributed by atoms with Crippen molar-refractivity contribution in [2.24, 2.45) is 7.05 Å². The van der Waals surface area contributed by atoms with Gasteiger partial charge in [-0.25, -0.2) is 0 Å². The van der Waals surface area contributed by atoms with Crippen molar-refractivity contribution in [1.29, 1.82) is 0 Å². The molecule has 2 rings (SSSR count). The summed E-state index contributed by atoms with van der Waals surface area (Å²) in [5, 5.41) is 7.40. The Labute approximate surface area is 108 Å². The average Bonchev–Trinajstić information content (AvgIpc) is 2.73. The molecular formula is C10H11Cl2N3S. The topological polar surface area (TPSA) is 29.9 Å². The van der Waals surface area contributed by atoms with Crippen LogP contribution in [0.1, 0.15) is 18.5 Å². The van der Waals surface area contributed by atoms with E-state index < -0.39 is 0 Å². The minimum atomic E-state index is 0.112. The van der Waals surface area contributed by atoms with E-state index in [1.807, 2.05) is 26.2 Å². The highest BCUT2D eigenvalue weighted by Gasteiger charge is 2.13. The van der Waals surface area contributed by atoms with Gasteiger partial charge < -0.3 is 5.32 Å². The number of aromatic nitrogens is 2. The molecule has 0 saturated heterocycles. The van der Waals surface area contributed by atoms with Crippen molar-refractivity contribution >= 4 is 40.2 Å². The predicted octanol–water partition coefficient (Wildman–Crippen LogP) is 3.96. The summed E-state index contributed by atoms with van der Waals surface area (Å²) < 4.78 is 3.19. The lowest BCUT2D eigenvalue weighted by atomic mass is 10.2. The molecule has 0 fully saturated rings. The van der Waals surface area contributed by atoms with Gasteiger partial charge in [-0.15, -0.1) is 11.3 Å². The molecule has 0 spiro atoms. The molecule has 0 saturated carbocycles. The summed E-state index contributed by atoms with van der Waals surface area (Å²) in [6.07, 6.45) is 3.69. The third-order valence-corrected chi connectivity index (χ3v) is 3.76. The van der Waals surface area contributed by atoms with Gasteiger partial charge in [-0.3, -0.25) is 4.68 Å². The highest BCUT2D eigenvalue weighted by Crippen LogP contribution is 2.35. The molecule has 2 heterocycles. The maximum Gasteiger partial charge on any atom is 0.0996 e. The zero-order valence-corrected chi connectivity index (χ0v) is 11.2. The first-order valence-electron chi connectivity index (χ1n) is 4.76. The minimum absolute atomic E-state index is 0.112. The van der Waals surface area contributed by atoms with Crippen LogP contribution in [0.25, 0.3) is 0 Å². The zero-order chi connectivity index (χ0) is 11.7. The molecular weight excluding hydrogens is 265 g/mol. The highest BCUT2D eigenvalue weighted by atomic mass is 35.5. The van der Waals surface area contributed by atoms with Crippen molar-refractivity contribution in [3.8, 4) is 0 Å². The molecule has 16 heavy (non-hydrogen) atoms. The molecule has 0 aliphatic rings. The fourth-order valence-corrected chi connectivity index (χ4v) is 3.12. The summed E-state index contributed by atoms with van der Waals surface area (Å²) >= 11 is 13.4. The van der Waals surface area contributed by atoms with E-state index in [1.54, 1.807) is 10.9 Å². The second kappa shape index (κ2) is 4.65. The van der Waals surface area contributed by atoms with E-state index >= 15 is 0 Å². The standard InChI is InChI=1S/C10H11Cl2N3S/c1-6(8-3-9(11)16-10(8)12)14-7-4-13-15(2)5-7/h3-6,14H,1-2H3. The maximum atomic E-state index is 6.08. The zero-order valence-electron chi connectivity index (χ0n) is 8.87. The number of thiophene rings is 1. The third-order valence-electron chi connectivity index (χ3n) is 2.24. The van der Waals surface area contributed by atoms with E-state index in [2.05, 4.69) is 10.4 Å².